The molecule has 4 nitrogen and oxygen atoms in total. The number of carbonyl (C=O) groups excluding carboxylic acids is 2. The van der Waals surface area contributed by atoms with Gasteiger partial charge in [-0.1, -0.05) is 24.3 Å². The van der Waals surface area contributed by atoms with Crippen molar-refractivity contribution in [3.8, 4) is 0 Å². The van der Waals surface area contributed by atoms with Crippen LogP contribution in [0.25, 0.3) is 0 Å². The average molecular weight is 326 g/mol. The largest absolute Gasteiger partial charge is 0.368 e. The molecule has 4 N–H and O–H groups in total. The quantitative estimate of drug-likeness (QED) is 0.642. The highest BCUT2D eigenvalue weighted by Gasteiger charge is 2.08. The third-order valence-corrected chi connectivity index (χ3v) is 4.95. The van der Waals surface area contributed by atoms with Crippen molar-refractivity contribution in [3.05, 3.63) is 35.4 Å². The number of rotatable bonds is 10. The minimum Gasteiger partial charge on any atom is -0.368 e. The van der Waals surface area contributed by atoms with Crippen molar-refractivity contribution < 1.29 is 9.59 Å². The Kier molecular flexibility index (Phi) is 8.49. The van der Waals surface area contributed by atoms with Gasteiger partial charge in [-0.3, -0.25) is 9.59 Å². The number of hydrogen-bond donors (Lipinski definition) is 2. The number of hydrogen-bond acceptors (Lipinski definition) is 5. The van der Waals surface area contributed by atoms with Gasteiger partial charge in [0.2, 0.25) is 5.91 Å². The summed E-state index contributed by atoms with van der Waals surface area (Å²) in [7, 11) is 0. The molecule has 6 heteroatoms. The molecule has 0 unspecified atom stereocenters. The first-order valence-corrected chi connectivity index (χ1v) is 9.07. The Bertz CT molecular complexity index is 480. The van der Waals surface area contributed by atoms with E-state index in [9.17, 15) is 9.59 Å². The highest BCUT2D eigenvalue weighted by molar-refractivity contribution is 7.98. The van der Waals surface area contributed by atoms with E-state index in [2.05, 4.69) is 18.2 Å². The predicted molar refractivity (Wildman–Crippen MR) is 91.2 cm³/mol. The second-order valence-electron chi connectivity index (χ2n) is 4.85. The third-order valence-electron chi connectivity index (χ3n) is 2.79. The van der Waals surface area contributed by atoms with Crippen LogP contribution in [0.5, 0.6) is 0 Å². The molecule has 0 aliphatic carbocycles. The van der Waals surface area contributed by atoms with E-state index in [0.717, 1.165) is 17.3 Å². The second-order valence-corrected chi connectivity index (χ2v) is 6.98. The lowest BCUT2D eigenvalue weighted by molar-refractivity contribution is -0.119. The van der Waals surface area contributed by atoms with Crippen LogP contribution in [-0.4, -0.2) is 29.2 Å². The molecule has 0 heterocycles. The zero-order chi connectivity index (χ0) is 15.7. The van der Waals surface area contributed by atoms with Crippen molar-refractivity contribution in [2.24, 2.45) is 11.5 Å². The number of nitrogens with two attached hydrogens (primary N) is 2. The van der Waals surface area contributed by atoms with Gasteiger partial charge in [-0.25, -0.2) is 0 Å². The minimum atomic E-state index is -0.583. The summed E-state index contributed by atoms with van der Waals surface area (Å²) < 4.78 is 0. The zero-order valence-electron chi connectivity index (χ0n) is 12.2. The van der Waals surface area contributed by atoms with Crippen LogP contribution in [0.15, 0.2) is 24.3 Å². The predicted octanol–water partition coefficient (Wildman–Crippen LogP) is 1.94. The smallest absolute Gasteiger partial charge is 0.235 e. The van der Waals surface area contributed by atoms with Crippen LogP contribution in [-0.2, 0) is 21.1 Å². The Morgan fingerprint density at radius 1 is 1.19 bits per heavy atom. The van der Waals surface area contributed by atoms with Crippen molar-refractivity contribution in [3.63, 3.8) is 0 Å². The number of thioether (sulfide) groups is 2. The van der Waals surface area contributed by atoms with Gasteiger partial charge in [0, 0.05) is 29.4 Å². The zero-order valence-corrected chi connectivity index (χ0v) is 13.8. The Morgan fingerprint density at radius 2 is 1.81 bits per heavy atom. The molecule has 0 aliphatic heterocycles. The molecule has 0 fully saturated rings. The number of amides is 1. The Balaban J connectivity index is 2.34. The summed E-state index contributed by atoms with van der Waals surface area (Å²) in [6.45, 7) is 1.62. The van der Waals surface area contributed by atoms with E-state index in [1.165, 1.54) is 11.1 Å². The number of Topliss-reactive ketones (excluding diaryl/α,β-unsaturated/α-hetero) is 1. The van der Waals surface area contributed by atoms with Crippen molar-refractivity contribution in [1.29, 1.82) is 0 Å². The first kappa shape index (κ1) is 18.1. The summed E-state index contributed by atoms with van der Waals surface area (Å²) in [5, 5.41) is 0. The molecule has 0 radical (unpaired) electrons. The summed E-state index contributed by atoms with van der Waals surface area (Å²) in [6.07, 6.45) is 0.630. The molecule has 0 saturated carbocycles. The van der Waals surface area contributed by atoms with Gasteiger partial charge in [0.05, 0.1) is 6.04 Å². The van der Waals surface area contributed by atoms with E-state index in [0.29, 0.717) is 12.2 Å². The second kappa shape index (κ2) is 9.87. The van der Waals surface area contributed by atoms with Gasteiger partial charge in [-0.05, 0) is 18.1 Å². The summed E-state index contributed by atoms with van der Waals surface area (Å²) in [6, 6.07) is 7.76. The van der Waals surface area contributed by atoms with Crippen molar-refractivity contribution in [1.82, 2.24) is 0 Å². The number of carbonyl (C=O) groups is 2. The molecule has 1 atom stereocenters. The van der Waals surface area contributed by atoms with Crippen LogP contribution >= 0.6 is 23.5 Å². The molecule has 1 aromatic carbocycles. The highest BCUT2D eigenvalue weighted by atomic mass is 32.2. The van der Waals surface area contributed by atoms with Crippen LogP contribution in [0, 0.1) is 0 Å². The molecule has 0 saturated heterocycles. The number of primary amides is 1. The van der Waals surface area contributed by atoms with Gasteiger partial charge >= 0.3 is 0 Å². The summed E-state index contributed by atoms with van der Waals surface area (Å²) in [5.74, 6) is 2.89. The Hall–Kier alpha value is -0.980. The van der Waals surface area contributed by atoms with E-state index in [1.54, 1.807) is 30.4 Å². The van der Waals surface area contributed by atoms with Crippen LogP contribution < -0.4 is 11.5 Å². The molecule has 0 spiro atoms. The van der Waals surface area contributed by atoms with E-state index < -0.39 is 11.9 Å². The maximum absolute atomic E-state index is 10.9. The maximum Gasteiger partial charge on any atom is 0.235 e. The van der Waals surface area contributed by atoms with Gasteiger partial charge in [-0.15, -0.1) is 0 Å². The van der Waals surface area contributed by atoms with Crippen LogP contribution in [0.1, 0.15) is 24.5 Å². The monoisotopic (exact) mass is 326 g/mol. The van der Waals surface area contributed by atoms with Crippen LogP contribution in [0.2, 0.25) is 0 Å². The average Bonchev–Trinajstić information content (AvgIpc) is 2.43. The van der Waals surface area contributed by atoms with Gasteiger partial charge in [0.25, 0.3) is 0 Å². The van der Waals surface area contributed by atoms with Crippen molar-refractivity contribution >= 4 is 35.2 Å². The lowest BCUT2D eigenvalue weighted by atomic mass is 10.2. The molecule has 1 amide bonds. The highest BCUT2D eigenvalue weighted by Crippen LogP contribution is 2.18. The van der Waals surface area contributed by atoms with E-state index >= 15 is 0 Å². The lowest BCUT2D eigenvalue weighted by Crippen LogP contribution is -2.38. The fourth-order valence-corrected chi connectivity index (χ4v) is 3.54. The molecular formula is C15H22N2O2S2. The first-order valence-electron chi connectivity index (χ1n) is 6.76. The summed E-state index contributed by atoms with van der Waals surface area (Å²) >= 11 is 3.37. The van der Waals surface area contributed by atoms with Gasteiger partial charge < -0.3 is 11.5 Å². The maximum atomic E-state index is 10.9. The van der Waals surface area contributed by atoms with Gasteiger partial charge in [0.15, 0.2) is 0 Å². The standard InChI is InChI=1S/C15H22N2O2S2/c1-11(18)5-6-20-8-12-3-2-4-13(7-12)9-21-10-14(16)15(17)19/h2-4,7,14H,5-6,8-10,16H2,1H3,(H2,17,19)/t14-/m1/s1. The number of ketones is 1. The molecular weight excluding hydrogens is 304 g/mol. The Labute approximate surface area is 134 Å². The van der Waals surface area contributed by atoms with Crippen LogP contribution in [0.4, 0.5) is 0 Å². The van der Waals surface area contributed by atoms with Gasteiger partial charge in [0.1, 0.15) is 5.78 Å². The Morgan fingerprint density at radius 3 is 2.38 bits per heavy atom. The lowest BCUT2D eigenvalue weighted by Gasteiger charge is -2.08. The van der Waals surface area contributed by atoms with E-state index in [1.807, 2.05) is 6.07 Å². The van der Waals surface area contributed by atoms with Crippen molar-refractivity contribution in [2.45, 2.75) is 30.9 Å². The first-order chi connectivity index (χ1) is 9.99. The fraction of sp³-hybridized carbons (Fsp3) is 0.467. The third kappa shape index (κ3) is 8.14. The molecule has 0 bridgehead atoms. The number of benzene rings is 1. The molecule has 0 aromatic heterocycles. The SMILES string of the molecule is CC(=O)CCSCc1cccc(CSC[C@@H](N)C(N)=O)c1. The normalized spacial score (nSPS) is 12.1. The minimum absolute atomic E-state index is 0.235. The fourth-order valence-electron chi connectivity index (χ4n) is 1.60. The van der Waals surface area contributed by atoms with E-state index in [4.69, 9.17) is 11.5 Å². The summed E-state index contributed by atoms with van der Waals surface area (Å²) in [5.41, 5.74) is 13.2. The van der Waals surface area contributed by atoms with Crippen LogP contribution in [0.3, 0.4) is 0 Å². The van der Waals surface area contributed by atoms with Crippen molar-refractivity contribution in [2.75, 3.05) is 11.5 Å². The topological polar surface area (TPSA) is 86.2 Å². The molecule has 116 valence electrons. The summed E-state index contributed by atoms with van der Waals surface area (Å²) in [4.78, 5) is 21.7. The molecule has 0 aliphatic rings. The molecule has 1 aromatic rings. The molecule has 1 rings (SSSR count). The van der Waals surface area contributed by atoms with Gasteiger partial charge in [-0.2, -0.15) is 23.5 Å². The van der Waals surface area contributed by atoms with E-state index in [-0.39, 0.29) is 5.78 Å². The molecule has 21 heavy (non-hydrogen) atoms.